The van der Waals surface area contributed by atoms with Crippen LogP contribution in [0.1, 0.15) is 174 Å². The van der Waals surface area contributed by atoms with Crippen molar-refractivity contribution in [2.45, 2.75) is 180 Å². The van der Waals surface area contributed by atoms with Crippen LogP contribution in [-0.4, -0.2) is 35.6 Å². The van der Waals surface area contributed by atoms with E-state index in [0.29, 0.717) is 12.8 Å². The Bertz CT molecular complexity index is 1220. The number of nitrogens with one attached hydrogen (secondary N) is 1. The van der Waals surface area contributed by atoms with Crippen LogP contribution in [-0.2, 0) is 19.1 Å². The first-order valence-corrected chi connectivity index (χ1v) is 22.0. The van der Waals surface area contributed by atoms with Crippen molar-refractivity contribution < 1.29 is 24.2 Å². The summed E-state index contributed by atoms with van der Waals surface area (Å²) in [5.74, 6) is -1.32. The molecule has 2 N–H and O–H groups in total. The van der Waals surface area contributed by atoms with Gasteiger partial charge in [-0.3, -0.25) is 14.4 Å². The van der Waals surface area contributed by atoms with Crippen LogP contribution in [0.15, 0.2) is 109 Å². The normalized spacial score (nSPS) is 13.2. The Kier molecular flexibility index (Phi) is 40.7. The van der Waals surface area contributed by atoms with Crippen LogP contribution < -0.4 is 5.32 Å². The molecule has 6 heteroatoms. The number of hydrogen-bond donors (Lipinski definition) is 2. The summed E-state index contributed by atoms with van der Waals surface area (Å²) in [5, 5.41) is 11.1. The molecular weight excluding hydrogens is 695 g/mol. The maximum Gasteiger partial charge on any atom is 0.322 e. The van der Waals surface area contributed by atoms with Crippen molar-refractivity contribution in [1.82, 2.24) is 5.32 Å². The Morgan fingerprint density at radius 3 is 1.34 bits per heavy atom. The van der Waals surface area contributed by atoms with E-state index in [1.54, 1.807) is 0 Å². The third kappa shape index (κ3) is 42.8. The molecule has 0 aromatic rings. The number of carboxylic acids is 1. The Morgan fingerprint density at radius 1 is 0.464 bits per heavy atom. The first-order chi connectivity index (χ1) is 27.5. The van der Waals surface area contributed by atoms with E-state index in [4.69, 9.17) is 9.84 Å². The van der Waals surface area contributed by atoms with Crippen LogP contribution in [0.5, 0.6) is 0 Å². The summed E-state index contributed by atoms with van der Waals surface area (Å²) < 4.78 is 5.98. The molecule has 0 aromatic heterocycles. The zero-order valence-corrected chi connectivity index (χ0v) is 35.4. The number of amides is 1. The average molecular weight is 774 g/mol. The quantitative estimate of drug-likeness (QED) is 0.0370. The number of carbonyl (C=O) groups excluding carboxylic acids is 2. The average Bonchev–Trinajstić information content (AvgIpc) is 3.18. The molecule has 0 rings (SSSR count). The number of allylic oxidation sites excluding steroid dienone is 18. The lowest BCUT2D eigenvalue weighted by Crippen LogP contribution is -2.28. The van der Waals surface area contributed by atoms with Gasteiger partial charge in [0.25, 0.3) is 0 Å². The van der Waals surface area contributed by atoms with E-state index in [0.717, 1.165) is 135 Å². The molecule has 6 nitrogen and oxygen atoms in total. The van der Waals surface area contributed by atoms with Gasteiger partial charge >= 0.3 is 11.9 Å². The summed E-state index contributed by atoms with van der Waals surface area (Å²) in [6, 6.07) is 0. The molecule has 0 aliphatic heterocycles. The molecule has 0 saturated carbocycles. The van der Waals surface area contributed by atoms with Gasteiger partial charge in [0, 0.05) is 12.8 Å². The van der Waals surface area contributed by atoms with E-state index in [9.17, 15) is 14.4 Å². The fourth-order valence-corrected chi connectivity index (χ4v) is 5.77. The Labute approximate surface area is 342 Å². The SMILES string of the molecule is CC/C=C\C/C=C\C/C=C\C/C=C\C/C=C\CCCCCCCC(=O)OC(CC/C=C\C/C=C\C/C=C\C/C=C\CC)CCCCCCCC(=O)NCC(=O)O. The number of aliphatic carboxylic acids is 1. The van der Waals surface area contributed by atoms with Crippen molar-refractivity contribution in [1.29, 1.82) is 0 Å². The molecule has 0 saturated heterocycles. The molecule has 0 aromatic carbocycles. The van der Waals surface area contributed by atoms with E-state index >= 15 is 0 Å². The fraction of sp³-hybridized carbons (Fsp3) is 0.580. The number of ether oxygens (including phenoxy) is 1. The van der Waals surface area contributed by atoms with E-state index < -0.39 is 5.97 Å². The lowest BCUT2D eigenvalue weighted by molar-refractivity contribution is -0.150. The van der Waals surface area contributed by atoms with Gasteiger partial charge in [-0.05, 0) is 109 Å². The Morgan fingerprint density at radius 2 is 0.857 bits per heavy atom. The van der Waals surface area contributed by atoms with Gasteiger partial charge in [-0.25, -0.2) is 0 Å². The number of hydrogen-bond acceptors (Lipinski definition) is 4. The summed E-state index contributed by atoms with van der Waals surface area (Å²) >= 11 is 0. The van der Waals surface area contributed by atoms with E-state index in [2.05, 4.69) is 129 Å². The zero-order valence-electron chi connectivity index (χ0n) is 35.4. The minimum Gasteiger partial charge on any atom is -0.480 e. The van der Waals surface area contributed by atoms with Crippen LogP contribution in [0.4, 0.5) is 0 Å². The Hall–Kier alpha value is -3.93. The predicted molar refractivity (Wildman–Crippen MR) is 240 cm³/mol. The smallest absolute Gasteiger partial charge is 0.322 e. The van der Waals surface area contributed by atoms with Crippen LogP contribution in [0.25, 0.3) is 0 Å². The second-order valence-corrected chi connectivity index (χ2v) is 14.2. The third-order valence-corrected chi connectivity index (χ3v) is 8.95. The lowest BCUT2D eigenvalue weighted by Gasteiger charge is -2.17. The molecular formula is C50H79NO5. The maximum atomic E-state index is 12.8. The van der Waals surface area contributed by atoms with E-state index in [1.165, 1.54) is 12.8 Å². The summed E-state index contributed by atoms with van der Waals surface area (Å²) in [4.78, 5) is 35.1. The molecule has 0 radical (unpaired) electrons. The van der Waals surface area contributed by atoms with Crippen LogP contribution in [0.2, 0.25) is 0 Å². The van der Waals surface area contributed by atoms with Gasteiger partial charge in [-0.1, -0.05) is 162 Å². The highest BCUT2D eigenvalue weighted by Gasteiger charge is 2.14. The van der Waals surface area contributed by atoms with Crippen molar-refractivity contribution in [2.75, 3.05) is 6.54 Å². The number of carboxylic acid groups (broad SMARTS) is 1. The zero-order chi connectivity index (χ0) is 40.8. The largest absolute Gasteiger partial charge is 0.480 e. The molecule has 314 valence electrons. The summed E-state index contributed by atoms with van der Waals surface area (Å²) in [6.45, 7) is 3.98. The van der Waals surface area contributed by atoms with Gasteiger partial charge in [0.05, 0.1) is 0 Å². The minimum absolute atomic E-state index is 0.0696. The molecule has 0 fully saturated rings. The lowest BCUT2D eigenvalue weighted by atomic mass is 10.0. The molecule has 0 heterocycles. The fourth-order valence-electron chi connectivity index (χ4n) is 5.77. The highest BCUT2D eigenvalue weighted by atomic mass is 16.5. The topological polar surface area (TPSA) is 92.7 Å². The maximum absolute atomic E-state index is 12.8. The molecule has 0 spiro atoms. The van der Waals surface area contributed by atoms with E-state index in [-0.39, 0.29) is 24.5 Å². The highest BCUT2D eigenvalue weighted by molar-refractivity contribution is 5.80. The van der Waals surface area contributed by atoms with Crippen molar-refractivity contribution >= 4 is 17.8 Å². The molecule has 0 aliphatic carbocycles. The number of rotatable bonds is 38. The molecule has 1 unspecified atom stereocenters. The monoisotopic (exact) mass is 774 g/mol. The summed E-state index contributed by atoms with van der Waals surface area (Å²) in [7, 11) is 0. The standard InChI is InChI=1S/C50H79NO5/c1-3-5-7-9-11-13-15-17-18-19-20-21-22-23-24-26-28-30-32-37-41-45-50(55)56-47(43-39-35-33-36-40-44-48(52)51-46-49(53)54)42-38-34-31-29-27-25-16-14-12-10-8-6-4-2/h5-8,11-14,17-18,20-21,23-25,27,31,34,47H,3-4,9-10,15-16,19,22,26,28-30,32-33,35-46H2,1-2H3,(H,51,52)(H,53,54)/b7-5-,8-6-,13-11-,14-12-,18-17-,21-20-,24-23-,27-25-,34-31-. The first-order valence-electron chi connectivity index (χ1n) is 22.0. The predicted octanol–water partition coefficient (Wildman–Crippen LogP) is 13.9. The summed E-state index contributed by atoms with van der Waals surface area (Å²) in [6.07, 6.45) is 63.5. The second kappa shape index (κ2) is 43.8. The van der Waals surface area contributed by atoms with Gasteiger partial charge < -0.3 is 15.2 Å². The number of carbonyl (C=O) groups is 3. The third-order valence-electron chi connectivity index (χ3n) is 8.95. The Balaban J connectivity index is 4.31. The number of unbranched alkanes of at least 4 members (excludes halogenated alkanes) is 9. The molecule has 0 aliphatic rings. The van der Waals surface area contributed by atoms with Gasteiger partial charge in [-0.2, -0.15) is 0 Å². The van der Waals surface area contributed by atoms with Gasteiger partial charge in [0.1, 0.15) is 12.6 Å². The van der Waals surface area contributed by atoms with Crippen LogP contribution >= 0.6 is 0 Å². The van der Waals surface area contributed by atoms with Crippen molar-refractivity contribution in [3.05, 3.63) is 109 Å². The van der Waals surface area contributed by atoms with Gasteiger partial charge in [-0.15, -0.1) is 0 Å². The summed E-state index contributed by atoms with van der Waals surface area (Å²) in [5.41, 5.74) is 0. The second-order valence-electron chi connectivity index (χ2n) is 14.2. The van der Waals surface area contributed by atoms with Crippen molar-refractivity contribution in [2.24, 2.45) is 0 Å². The molecule has 1 atom stereocenters. The van der Waals surface area contributed by atoms with Crippen LogP contribution in [0.3, 0.4) is 0 Å². The van der Waals surface area contributed by atoms with E-state index in [1.807, 2.05) is 0 Å². The van der Waals surface area contributed by atoms with Crippen molar-refractivity contribution in [3.63, 3.8) is 0 Å². The van der Waals surface area contributed by atoms with Gasteiger partial charge in [0.2, 0.25) is 5.91 Å². The van der Waals surface area contributed by atoms with Crippen molar-refractivity contribution in [3.8, 4) is 0 Å². The first kappa shape index (κ1) is 52.1. The minimum atomic E-state index is -1.03. The molecule has 0 bridgehead atoms. The highest BCUT2D eigenvalue weighted by Crippen LogP contribution is 2.17. The number of esters is 1. The molecule has 1 amide bonds. The van der Waals surface area contributed by atoms with Gasteiger partial charge in [0.15, 0.2) is 0 Å². The molecule has 56 heavy (non-hydrogen) atoms. The van der Waals surface area contributed by atoms with Crippen LogP contribution in [0, 0.1) is 0 Å².